The van der Waals surface area contributed by atoms with Gasteiger partial charge in [-0.3, -0.25) is 0 Å². The zero-order chi connectivity index (χ0) is 29.5. The summed E-state index contributed by atoms with van der Waals surface area (Å²) in [5.74, 6) is 0. The van der Waals surface area contributed by atoms with Crippen LogP contribution in [0.25, 0.3) is 0 Å². The van der Waals surface area contributed by atoms with E-state index in [1.807, 2.05) is 20.8 Å². The van der Waals surface area contributed by atoms with Gasteiger partial charge < -0.3 is 4.57 Å². The molecule has 38 heavy (non-hydrogen) atoms. The Kier molecular flexibility index (Phi) is 17.9. The predicted molar refractivity (Wildman–Crippen MR) is 137 cm³/mol. The van der Waals surface area contributed by atoms with Gasteiger partial charge in [0.2, 0.25) is 0 Å². The topological polar surface area (TPSA) is 17.1 Å². The zero-order valence-corrected chi connectivity index (χ0v) is 24.1. The van der Waals surface area contributed by atoms with Gasteiger partial charge in [0.25, 0.3) is 0 Å². The Labute approximate surface area is 223 Å². The van der Waals surface area contributed by atoms with Crippen molar-refractivity contribution in [3.05, 3.63) is 0 Å². The van der Waals surface area contributed by atoms with E-state index in [-0.39, 0.29) is 38.5 Å². The SMILES string of the molecule is CCCCCCCC(C(F)(F)F)P(=O)(C(CCCCCCC)C(F)(F)F)C(CCCCCCC)C(F)(F)F. The average Bonchev–Trinajstić information content (AvgIpc) is 2.78. The molecule has 3 unspecified atom stereocenters. The van der Waals surface area contributed by atoms with E-state index in [9.17, 15) is 44.1 Å². The van der Waals surface area contributed by atoms with Crippen LogP contribution in [0.3, 0.4) is 0 Å². The summed E-state index contributed by atoms with van der Waals surface area (Å²) in [5, 5.41) is 0. The second kappa shape index (κ2) is 18.1. The van der Waals surface area contributed by atoms with Gasteiger partial charge in [-0.1, -0.05) is 117 Å². The molecule has 1 nitrogen and oxygen atoms in total. The van der Waals surface area contributed by atoms with E-state index in [1.54, 1.807) is 0 Å². The van der Waals surface area contributed by atoms with Crippen molar-refractivity contribution in [3.8, 4) is 0 Å². The van der Waals surface area contributed by atoms with Crippen molar-refractivity contribution in [1.29, 1.82) is 0 Å². The summed E-state index contributed by atoms with van der Waals surface area (Å²) >= 11 is 0. The van der Waals surface area contributed by atoms with Gasteiger partial charge in [0.05, 0.1) is 0 Å². The molecule has 0 spiro atoms. The maximum absolute atomic E-state index is 14.4. The van der Waals surface area contributed by atoms with E-state index in [0.29, 0.717) is 38.5 Å². The van der Waals surface area contributed by atoms with E-state index in [4.69, 9.17) is 0 Å². The molecule has 0 bridgehead atoms. The van der Waals surface area contributed by atoms with Gasteiger partial charge in [-0.15, -0.1) is 0 Å². The number of rotatable bonds is 21. The number of alkyl halides is 9. The molecule has 0 aromatic rings. The highest BCUT2D eigenvalue weighted by Gasteiger charge is 2.67. The van der Waals surface area contributed by atoms with Crippen LogP contribution in [0.5, 0.6) is 0 Å². The molecule has 0 saturated heterocycles. The minimum absolute atomic E-state index is 0.212. The van der Waals surface area contributed by atoms with Gasteiger partial charge in [-0.2, -0.15) is 39.5 Å². The molecule has 11 heteroatoms. The fourth-order valence-electron chi connectivity index (χ4n) is 5.26. The molecule has 0 aliphatic rings. The Morgan fingerprint density at radius 1 is 0.421 bits per heavy atom. The fraction of sp³-hybridized carbons (Fsp3) is 1.00. The summed E-state index contributed by atoms with van der Waals surface area (Å²) in [4.78, 5) is 0. The van der Waals surface area contributed by atoms with Gasteiger partial charge >= 0.3 is 18.5 Å². The molecule has 3 atom stereocenters. The molecule has 0 aromatic heterocycles. The predicted octanol–water partition coefficient (Wildman–Crippen LogP) is 12.2. The molecular weight excluding hydrogens is 542 g/mol. The lowest BCUT2D eigenvalue weighted by molar-refractivity contribution is -0.150. The average molecular weight is 591 g/mol. The maximum atomic E-state index is 14.4. The van der Waals surface area contributed by atoms with Gasteiger partial charge in [-0.25, -0.2) is 0 Å². The first-order valence-corrected chi connectivity index (χ1v) is 16.3. The zero-order valence-electron chi connectivity index (χ0n) is 23.2. The Hall–Kier alpha value is -0.400. The number of hydrogen-bond donors (Lipinski definition) is 0. The van der Waals surface area contributed by atoms with E-state index in [2.05, 4.69) is 0 Å². The molecule has 0 saturated carbocycles. The van der Waals surface area contributed by atoms with Gasteiger partial charge in [0.1, 0.15) is 24.1 Å². The van der Waals surface area contributed by atoms with Crippen LogP contribution in [0.15, 0.2) is 0 Å². The number of unbranched alkanes of at least 4 members (excludes halogenated alkanes) is 12. The summed E-state index contributed by atoms with van der Waals surface area (Å²) in [6.45, 7) is 5.61. The van der Waals surface area contributed by atoms with Crippen LogP contribution in [0, 0.1) is 0 Å². The van der Waals surface area contributed by atoms with Crippen LogP contribution in [0.4, 0.5) is 39.5 Å². The van der Waals surface area contributed by atoms with Crippen molar-refractivity contribution in [1.82, 2.24) is 0 Å². The van der Waals surface area contributed by atoms with Crippen molar-refractivity contribution in [2.75, 3.05) is 0 Å². The van der Waals surface area contributed by atoms with Crippen LogP contribution >= 0.6 is 7.14 Å². The van der Waals surface area contributed by atoms with Crippen LogP contribution in [0.2, 0.25) is 0 Å². The molecule has 0 radical (unpaired) electrons. The van der Waals surface area contributed by atoms with E-state index >= 15 is 0 Å². The van der Waals surface area contributed by atoms with Gasteiger partial charge in [0.15, 0.2) is 0 Å². The number of halogens is 9. The van der Waals surface area contributed by atoms with Crippen molar-refractivity contribution in [2.45, 2.75) is 172 Å². The molecule has 0 aliphatic heterocycles. The summed E-state index contributed by atoms with van der Waals surface area (Å²) < 4.78 is 143. The van der Waals surface area contributed by atoms with Crippen molar-refractivity contribution in [2.24, 2.45) is 0 Å². The number of hydrogen-bond acceptors (Lipinski definition) is 1. The first kappa shape index (κ1) is 37.6. The standard InChI is InChI=1S/C27H48F9OP/c1-4-7-10-13-16-19-22(25(28,29)30)38(37,23(26(31,32)33)20-17-14-11-8-5-2)24(27(34,35)36)21-18-15-12-9-6-3/h22-24H,4-21H2,1-3H3. The summed E-state index contributed by atoms with van der Waals surface area (Å²) in [6, 6.07) is 0. The van der Waals surface area contributed by atoms with Crippen LogP contribution in [0.1, 0.15) is 136 Å². The normalized spacial score (nSPS) is 17.3. The van der Waals surface area contributed by atoms with E-state index in [1.165, 1.54) is 0 Å². The lowest BCUT2D eigenvalue weighted by Gasteiger charge is -2.41. The molecule has 0 fully saturated rings. The minimum Gasteiger partial charge on any atom is -0.322 e. The molecule has 0 amide bonds. The highest BCUT2D eigenvalue weighted by molar-refractivity contribution is 7.66. The quantitative estimate of drug-likeness (QED) is 0.0738. The van der Waals surface area contributed by atoms with Crippen LogP contribution in [-0.4, -0.2) is 35.5 Å². The summed E-state index contributed by atoms with van der Waals surface area (Å²) in [5.41, 5.74) is -9.37. The summed E-state index contributed by atoms with van der Waals surface area (Å²) in [7, 11) is -5.96. The van der Waals surface area contributed by atoms with Crippen LogP contribution < -0.4 is 0 Å². The molecule has 0 rings (SSSR count). The Morgan fingerprint density at radius 3 is 0.816 bits per heavy atom. The molecule has 0 aromatic carbocycles. The second-order valence-electron chi connectivity index (χ2n) is 10.5. The van der Waals surface area contributed by atoms with E-state index < -0.39 is 61.9 Å². The van der Waals surface area contributed by atoms with Crippen molar-refractivity contribution in [3.63, 3.8) is 0 Å². The first-order valence-electron chi connectivity index (χ1n) is 14.4. The van der Waals surface area contributed by atoms with E-state index in [0.717, 1.165) is 19.3 Å². The molecule has 0 heterocycles. The molecule has 0 N–H and O–H groups in total. The van der Waals surface area contributed by atoms with Gasteiger partial charge in [-0.05, 0) is 19.3 Å². The highest BCUT2D eigenvalue weighted by atomic mass is 31.2. The smallest absolute Gasteiger partial charge is 0.322 e. The van der Waals surface area contributed by atoms with Gasteiger partial charge in [0, 0.05) is 0 Å². The van der Waals surface area contributed by atoms with Crippen molar-refractivity contribution < 1.29 is 44.1 Å². The molecule has 0 aliphatic carbocycles. The maximum Gasteiger partial charge on any atom is 0.398 e. The minimum atomic E-state index is -5.96. The first-order chi connectivity index (χ1) is 17.6. The third-order valence-electron chi connectivity index (χ3n) is 7.34. The molecule has 230 valence electrons. The Morgan fingerprint density at radius 2 is 0.632 bits per heavy atom. The molecular formula is C27H48F9OP. The Balaban J connectivity index is 6.56. The fourth-order valence-corrected chi connectivity index (χ4v) is 9.69. The van der Waals surface area contributed by atoms with Crippen molar-refractivity contribution >= 4 is 7.14 Å². The third kappa shape index (κ3) is 13.3. The second-order valence-corrected chi connectivity index (χ2v) is 13.9. The Bertz CT molecular complexity index is 558. The lowest BCUT2D eigenvalue weighted by atomic mass is 10.1. The third-order valence-corrected chi connectivity index (χ3v) is 11.9. The monoisotopic (exact) mass is 590 g/mol. The summed E-state index contributed by atoms with van der Waals surface area (Å²) in [6.07, 6.45) is -13.2. The largest absolute Gasteiger partial charge is 0.398 e. The van der Waals surface area contributed by atoms with Crippen LogP contribution in [-0.2, 0) is 4.57 Å². The lowest BCUT2D eigenvalue weighted by Crippen LogP contribution is -2.46. The highest BCUT2D eigenvalue weighted by Crippen LogP contribution is 2.72.